The molecule has 1 unspecified atom stereocenters. The standard InChI is InChI=1S/C11H16ClN3OS/c1-7(2)15-11(16)10(12)9(5-13-15)14-8-3-4-17-6-8/h5,7-8,14H,3-4,6H2,1-2H3. The highest BCUT2D eigenvalue weighted by Crippen LogP contribution is 2.24. The first kappa shape index (κ1) is 12.8. The summed E-state index contributed by atoms with van der Waals surface area (Å²) in [5, 5.41) is 7.66. The first-order valence-electron chi connectivity index (χ1n) is 5.71. The van der Waals surface area contributed by atoms with Crippen LogP contribution in [0.2, 0.25) is 5.02 Å². The molecule has 0 aliphatic carbocycles. The van der Waals surface area contributed by atoms with Crippen molar-refractivity contribution >= 4 is 29.1 Å². The summed E-state index contributed by atoms with van der Waals surface area (Å²) >= 11 is 7.99. The maximum absolute atomic E-state index is 11.9. The fourth-order valence-corrected chi connectivity index (χ4v) is 3.12. The fourth-order valence-electron chi connectivity index (χ4n) is 1.78. The molecule has 0 saturated carbocycles. The van der Waals surface area contributed by atoms with Crippen LogP contribution in [0.25, 0.3) is 0 Å². The summed E-state index contributed by atoms with van der Waals surface area (Å²) in [6, 6.07) is 0.421. The molecule has 4 nitrogen and oxygen atoms in total. The maximum atomic E-state index is 11.9. The first-order valence-corrected chi connectivity index (χ1v) is 7.24. The molecule has 0 radical (unpaired) electrons. The molecule has 1 fully saturated rings. The molecule has 1 aliphatic heterocycles. The lowest BCUT2D eigenvalue weighted by Crippen LogP contribution is -2.27. The molecule has 1 aromatic heterocycles. The van der Waals surface area contributed by atoms with Gasteiger partial charge in [-0.05, 0) is 26.0 Å². The highest BCUT2D eigenvalue weighted by Gasteiger charge is 2.18. The highest BCUT2D eigenvalue weighted by atomic mass is 35.5. The third kappa shape index (κ3) is 2.77. The zero-order chi connectivity index (χ0) is 12.4. The molecule has 17 heavy (non-hydrogen) atoms. The lowest BCUT2D eigenvalue weighted by molar-refractivity contribution is 0.503. The van der Waals surface area contributed by atoms with Crippen molar-refractivity contribution in [1.82, 2.24) is 9.78 Å². The predicted molar refractivity (Wildman–Crippen MR) is 73.2 cm³/mol. The Balaban J connectivity index is 2.24. The molecule has 1 saturated heterocycles. The molecule has 1 aliphatic rings. The molecule has 0 aromatic carbocycles. The topological polar surface area (TPSA) is 46.9 Å². The number of aromatic nitrogens is 2. The molecule has 0 spiro atoms. The van der Waals surface area contributed by atoms with Gasteiger partial charge in [0.25, 0.3) is 5.56 Å². The Morgan fingerprint density at radius 2 is 2.41 bits per heavy atom. The number of nitrogens with zero attached hydrogens (tertiary/aromatic N) is 2. The number of hydrogen-bond acceptors (Lipinski definition) is 4. The van der Waals surface area contributed by atoms with E-state index in [0.29, 0.717) is 11.7 Å². The van der Waals surface area contributed by atoms with E-state index in [1.807, 2.05) is 25.6 Å². The van der Waals surface area contributed by atoms with Crippen LogP contribution in [-0.4, -0.2) is 27.3 Å². The summed E-state index contributed by atoms with van der Waals surface area (Å²) in [6.45, 7) is 3.82. The SMILES string of the molecule is CC(C)n1ncc(NC2CCSC2)c(Cl)c1=O. The summed E-state index contributed by atoms with van der Waals surface area (Å²) in [7, 11) is 0. The van der Waals surface area contributed by atoms with E-state index in [1.54, 1.807) is 6.20 Å². The minimum absolute atomic E-state index is 0.0242. The maximum Gasteiger partial charge on any atom is 0.287 e. The fraction of sp³-hybridized carbons (Fsp3) is 0.636. The lowest BCUT2D eigenvalue weighted by atomic mass is 10.2. The van der Waals surface area contributed by atoms with Crippen molar-refractivity contribution in [1.29, 1.82) is 0 Å². The summed E-state index contributed by atoms with van der Waals surface area (Å²) in [6.07, 6.45) is 2.75. The Kier molecular flexibility index (Phi) is 3.99. The molecule has 2 heterocycles. The van der Waals surface area contributed by atoms with Gasteiger partial charge >= 0.3 is 0 Å². The van der Waals surface area contributed by atoms with Gasteiger partial charge in [0.1, 0.15) is 5.02 Å². The van der Waals surface area contributed by atoms with Gasteiger partial charge in [0.2, 0.25) is 0 Å². The Morgan fingerprint density at radius 1 is 1.65 bits per heavy atom. The molecule has 1 atom stereocenters. The van der Waals surface area contributed by atoms with Crippen LogP contribution in [0.1, 0.15) is 26.3 Å². The molecular formula is C11H16ClN3OS. The second kappa shape index (κ2) is 5.31. The van der Waals surface area contributed by atoms with Crippen LogP contribution < -0.4 is 10.9 Å². The number of rotatable bonds is 3. The van der Waals surface area contributed by atoms with Gasteiger partial charge in [-0.3, -0.25) is 4.79 Å². The lowest BCUT2D eigenvalue weighted by Gasteiger charge is -2.15. The van der Waals surface area contributed by atoms with Crippen molar-refractivity contribution in [3.05, 3.63) is 21.6 Å². The van der Waals surface area contributed by atoms with E-state index in [1.165, 1.54) is 4.68 Å². The average molecular weight is 274 g/mol. The minimum atomic E-state index is -0.225. The Hall–Kier alpha value is -0.680. The van der Waals surface area contributed by atoms with Crippen LogP contribution in [0.3, 0.4) is 0 Å². The van der Waals surface area contributed by atoms with Gasteiger partial charge in [-0.25, -0.2) is 4.68 Å². The second-order valence-corrected chi connectivity index (χ2v) is 5.95. The second-order valence-electron chi connectivity index (χ2n) is 4.42. The van der Waals surface area contributed by atoms with Gasteiger partial charge in [0, 0.05) is 11.8 Å². The van der Waals surface area contributed by atoms with Gasteiger partial charge in [-0.15, -0.1) is 0 Å². The zero-order valence-corrected chi connectivity index (χ0v) is 11.5. The van der Waals surface area contributed by atoms with Gasteiger partial charge in [-0.1, -0.05) is 11.6 Å². The predicted octanol–water partition coefficient (Wildman–Crippen LogP) is 2.40. The highest BCUT2D eigenvalue weighted by molar-refractivity contribution is 7.99. The summed E-state index contributed by atoms with van der Waals surface area (Å²) < 4.78 is 1.40. The van der Waals surface area contributed by atoms with Crippen molar-refractivity contribution in [3.8, 4) is 0 Å². The number of anilines is 1. The van der Waals surface area contributed by atoms with E-state index in [9.17, 15) is 4.79 Å². The molecule has 6 heteroatoms. The summed E-state index contributed by atoms with van der Waals surface area (Å²) in [4.78, 5) is 11.9. The molecule has 0 amide bonds. The quantitative estimate of drug-likeness (QED) is 0.919. The molecule has 94 valence electrons. The van der Waals surface area contributed by atoms with Crippen LogP contribution in [0.15, 0.2) is 11.0 Å². The number of thioether (sulfide) groups is 1. The monoisotopic (exact) mass is 273 g/mol. The van der Waals surface area contributed by atoms with Crippen LogP contribution in [-0.2, 0) is 0 Å². The van der Waals surface area contributed by atoms with Gasteiger partial charge < -0.3 is 5.32 Å². The minimum Gasteiger partial charge on any atom is -0.379 e. The van der Waals surface area contributed by atoms with E-state index in [0.717, 1.165) is 17.9 Å². The third-order valence-electron chi connectivity index (χ3n) is 2.72. The number of nitrogens with one attached hydrogen (secondary N) is 1. The smallest absolute Gasteiger partial charge is 0.287 e. The molecule has 1 N–H and O–H groups in total. The molecule has 0 bridgehead atoms. The summed E-state index contributed by atoms with van der Waals surface area (Å²) in [5.74, 6) is 2.22. The number of hydrogen-bond donors (Lipinski definition) is 1. The van der Waals surface area contributed by atoms with E-state index in [-0.39, 0.29) is 16.6 Å². The van der Waals surface area contributed by atoms with Crippen LogP contribution in [0, 0.1) is 0 Å². The summed E-state index contributed by atoms with van der Waals surface area (Å²) in [5.41, 5.74) is 0.429. The van der Waals surface area contributed by atoms with Crippen molar-refractivity contribution in [2.75, 3.05) is 16.8 Å². The zero-order valence-electron chi connectivity index (χ0n) is 9.94. The Labute approximate surface area is 110 Å². The molecule has 2 rings (SSSR count). The normalized spacial score (nSPS) is 19.9. The van der Waals surface area contributed by atoms with Crippen LogP contribution in [0.4, 0.5) is 5.69 Å². The first-order chi connectivity index (χ1) is 8.09. The van der Waals surface area contributed by atoms with Crippen molar-refractivity contribution in [2.45, 2.75) is 32.4 Å². The van der Waals surface area contributed by atoms with Crippen molar-refractivity contribution < 1.29 is 0 Å². The van der Waals surface area contributed by atoms with E-state index in [4.69, 9.17) is 11.6 Å². The molecule has 1 aromatic rings. The average Bonchev–Trinajstić information content (AvgIpc) is 2.77. The van der Waals surface area contributed by atoms with Gasteiger partial charge in [0.15, 0.2) is 0 Å². The van der Waals surface area contributed by atoms with Gasteiger partial charge in [0.05, 0.1) is 17.9 Å². The van der Waals surface area contributed by atoms with E-state index >= 15 is 0 Å². The number of halogens is 1. The molecular weight excluding hydrogens is 258 g/mol. The van der Waals surface area contributed by atoms with E-state index in [2.05, 4.69) is 10.4 Å². The van der Waals surface area contributed by atoms with Crippen molar-refractivity contribution in [3.63, 3.8) is 0 Å². The van der Waals surface area contributed by atoms with Gasteiger partial charge in [-0.2, -0.15) is 16.9 Å². The van der Waals surface area contributed by atoms with Crippen molar-refractivity contribution in [2.24, 2.45) is 0 Å². The van der Waals surface area contributed by atoms with Crippen LogP contribution in [0.5, 0.6) is 0 Å². The third-order valence-corrected chi connectivity index (χ3v) is 4.25. The Morgan fingerprint density at radius 3 is 3.00 bits per heavy atom. The largest absolute Gasteiger partial charge is 0.379 e. The Bertz CT molecular complexity index is 455. The van der Waals surface area contributed by atoms with Crippen LogP contribution >= 0.6 is 23.4 Å². The van der Waals surface area contributed by atoms with E-state index < -0.39 is 0 Å².